The fourth-order valence-corrected chi connectivity index (χ4v) is 6.11. The first kappa shape index (κ1) is 29.6. The summed E-state index contributed by atoms with van der Waals surface area (Å²) >= 11 is 0. The van der Waals surface area contributed by atoms with Crippen molar-refractivity contribution in [2.45, 2.75) is 84.8 Å². The molecule has 1 unspecified atom stereocenters. The van der Waals surface area contributed by atoms with Crippen LogP contribution in [0.2, 0.25) is 0 Å². The monoisotopic (exact) mass is 514 g/mol. The van der Waals surface area contributed by atoms with Gasteiger partial charge in [-0.2, -0.15) is 0 Å². The quantitative estimate of drug-likeness (QED) is 0.248. The minimum Gasteiger partial charge on any atom is -0.491 e. The topological polar surface area (TPSA) is 38.7 Å². The fraction of sp³-hybridized carbons (Fsp3) is 0.625. The van der Waals surface area contributed by atoms with Gasteiger partial charge in [-0.05, 0) is 72.8 Å². The summed E-state index contributed by atoms with van der Waals surface area (Å²) in [7, 11) is 0. The van der Waals surface area contributed by atoms with Gasteiger partial charge >= 0.3 is 0 Å². The maximum Gasteiger partial charge on any atom is 0.126 e. The van der Waals surface area contributed by atoms with Crippen molar-refractivity contribution in [1.29, 1.82) is 0 Å². The number of likely N-dealkylation sites (tertiary alicyclic amines) is 1. The minimum absolute atomic E-state index is 0.111. The zero-order valence-corrected chi connectivity index (χ0v) is 23.8. The molecule has 2 aromatic carbocycles. The smallest absolute Gasteiger partial charge is 0.126 e. The molecule has 5 heteroatoms. The Kier molecular flexibility index (Phi) is 10.6. The van der Waals surface area contributed by atoms with Crippen LogP contribution in [0.25, 0.3) is 0 Å². The van der Waals surface area contributed by atoms with Crippen LogP contribution in [-0.2, 0) is 16.7 Å². The molecule has 0 radical (unpaired) electrons. The molecule has 1 aliphatic rings. The molecule has 2 aromatic rings. The third-order valence-electron chi connectivity index (χ3n) is 7.46. The molecule has 0 spiro atoms. The van der Waals surface area contributed by atoms with Gasteiger partial charge < -0.3 is 19.1 Å². The zero-order chi connectivity index (χ0) is 26.9. The highest BCUT2D eigenvalue weighted by molar-refractivity contribution is 5.31. The Morgan fingerprint density at radius 2 is 1.49 bits per heavy atom. The Morgan fingerprint density at radius 3 is 2.08 bits per heavy atom. The maximum atomic E-state index is 13.4. The Labute approximate surface area is 224 Å². The van der Waals surface area contributed by atoms with Gasteiger partial charge in [-0.15, -0.1) is 0 Å². The van der Waals surface area contributed by atoms with Crippen LogP contribution in [0, 0.1) is 11.2 Å². The minimum atomic E-state index is -0.539. The second kappa shape index (κ2) is 13.2. The largest absolute Gasteiger partial charge is 0.491 e. The van der Waals surface area contributed by atoms with Gasteiger partial charge in [0, 0.05) is 5.56 Å². The van der Waals surface area contributed by atoms with Gasteiger partial charge in [-0.25, -0.2) is 4.39 Å². The third kappa shape index (κ3) is 10.0. The number of ether oxygens (including phenoxy) is 2. The molecule has 1 saturated heterocycles. The van der Waals surface area contributed by atoms with Crippen molar-refractivity contribution in [1.82, 2.24) is 0 Å². The maximum absolute atomic E-state index is 13.4. The molecule has 206 valence electrons. The SMILES string of the molecule is CC(C)(C)CC(C)(C)c1ccc(OCCOCC(O)C[N+]2(Cc3ccc(F)cc3)CCCCCC2)cc1. The van der Waals surface area contributed by atoms with Crippen molar-refractivity contribution in [2.24, 2.45) is 5.41 Å². The lowest BCUT2D eigenvalue weighted by molar-refractivity contribution is -0.943. The predicted molar refractivity (Wildman–Crippen MR) is 149 cm³/mol. The molecule has 37 heavy (non-hydrogen) atoms. The average molecular weight is 515 g/mol. The highest BCUT2D eigenvalue weighted by atomic mass is 19.1. The first-order chi connectivity index (χ1) is 17.5. The van der Waals surface area contributed by atoms with Crippen LogP contribution < -0.4 is 4.74 Å². The lowest BCUT2D eigenvalue weighted by atomic mass is 9.72. The number of hydrogen-bond acceptors (Lipinski definition) is 3. The Bertz CT molecular complexity index is 926. The van der Waals surface area contributed by atoms with E-state index in [1.165, 1.54) is 30.5 Å². The number of hydrogen-bond donors (Lipinski definition) is 1. The van der Waals surface area contributed by atoms with E-state index < -0.39 is 6.10 Å². The van der Waals surface area contributed by atoms with Crippen molar-refractivity contribution in [3.05, 3.63) is 65.5 Å². The van der Waals surface area contributed by atoms with E-state index >= 15 is 0 Å². The summed E-state index contributed by atoms with van der Waals surface area (Å²) in [5.41, 5.74) is 2.83. The third-order valence-corrected chi connectivity index (χ3v) is 7.46. The molecule has 1 N–H and O–H groups in total. The number of rotatable bonds is 12. The summed E-state index contributed by atoms with van der Waals surface area (Å²) in [6, 6.07) is 15.2. The van der Waals surface area contributed by atoms with Crippen LogP contribution in [-0.4, -0.2) is 55.1 Å². The van der Waals surface area contributed by atoms with E-state index in [0.717, 1.165) is 54.7 Å². The van der Waals surface area contributed by atoms with Crippen molar-refractivity contribution in [3.8, 4) is 5.75 Å². The number of halogens is 1. The second-order valence-corrected chi connectivity index (χ2v) is 12.9. The van der Waals surface area contributed by atoms with Gasteiger partial charge in [-0.1, -0.05) is 58.9 Å². The van der Waals surface area contributed by atoms with Gasteiger partial charge in [-0.3, -0.25) is 0 Å². The molecule has 1 heterocycles. The number of aliphatic hydroxyl groups excluding tert-OH is 1. The molecule has 0 aliphatic carbocycles. The molecule has 0 bridgehead atoms. The van der Waals surface area contributed by atoms with E-state index in [0.29, 0.717) is 26.4 Å². The van der Waals surface area contributed by atoms with E-state index in [4.69, 9.17) is 9.47 Å². The first-order valence-corrected chi connectivity index (χ1v) is 14.1. The molecule has 0 amide bonds. The van der Waals surface area contributed by atoms with Gasteiger partial charge in [0.05, 0.1) is 26.3 Å². The van der Waals surface area contributed by atoms with E-state index in [1.807, 2.05) is 24.3 Å². The normalized spacial score (nSPS) is 17.3. The summed E-state index contributed by atoms with van der Waals surface area (Å²) in [6.45, 7) is 16.2. The zero-order valence-electron chi connectivity index (χ0n) is 23.8. The number of nitrogens with zero attached hydrogens (tertiary/aromatic N) is 1. The summed E-state index contributed by atoms with van der Waals surface area (Å²) in [5.74, 6) is 0.634. The molecular formula is C32H49FNO3+. The van der Waals surface area contributed by atoms with E-state index in [2.05, 4.69) is 46.8 Å². The average Bonchev–Trinajstić information content (AvgIpc) is 3.04. The highest BCUT2D eigenvalue weighted by Gasteiger charge is 2.32. The summed E-state index contributed by atoms with van der Waals surface area (Å²) in [4.78, 5) is 0. The van der Waals surface area contributed by atoms with Crippen LogP contribution >= 0.6 is 0 Å². The first-order valence-electron chi connectivity index (χ1n) is 14.1. The Balaban J connectivity index is 1.44. The predicted octanol–water partition coefficient (Wildman–Crippen LogP) is 6.89. The van der Waals surface area contributed by atoms with Crippen molar-refractivity contribution >= 4 is 0 Å². The lowest BCUT2D eigenvalue weighted by Gasteiger charge is -2.39. The van der Waals surface area contributed by atoms with Crippen molar-refractivity contribution in [3.63, 3.8) is 0 Å². The van der Waals surface area contributed by atoms with E-state index in [9.17, 15) is 9.50 Å². The van der Waals surface area contributed by atoms with Gasteiger partial charge in [0.1, 0.15) is 37.4 Å². The number of benzene rings is 2. The number of aliphatic hydroxyl groups is 1. The van der Waals surface area contributed by atoms with Crippen LogP contribution in [0.5, 0.6) is 5.75 Å². The highest BCUT2D eigenvalue weighted by Crippen LogP contribution is 2.36. The summed E-state index contributed by atoms with van der Waals surface area (Å²) in [6.07, 6.45) is 5.37. The standard InChI is InChI=1S/C32H49FNO3/c1-31(2,3)25-32(4,5)27-12-16-30(17-13-27)37-21-20-36-24-29(35)23-34(18-8-6-7-9-19-34)22-26-10-14-28(33)15-11-26/h10-17,29,35H,6-9,18-25H2,1-5H3/q+1. The second-order valence-electron chi connectivity index (χ2n) is 12.9. The van der Waals surface area contributed by atoms with Crippen molar-refractivity contribution in [2.75, 3.05) is 39.5 Å². The van der Waals surface area contributed by atoms with E-state index in [1.54, 1.807) is 0 Å². The van der Waals surface area contributed by atoms with Crippen LogP contribution in [0.1, 0.15) is 77.8 Å². The van der Waals surface area contributed by atoms with Gasteiger partial charge in [0.2, 0.25) is 0 Å². The molecule has 1 aliphatic heterocycles. The summed E-state index contributed by atoms with van der Waals surface area (Å²) in [5, 5.41) is 10.8. The Hall–Kier alpha value is -1.95. The van der Waals surface area contributed by atoms with Crippen LogP contribution in [0.15, 0.2) is 48.5 Å². The van der Waals surface area contributed by atoms with Crippen molar-refractivity contribution < 1.29 is 23.5 Å². The van der Waals surface area contributed by atoms with E-state index in [-0.39, 0.29) is 16.6 Å². The Morgan fingerprint density at radius 1 is 0.865 bits per heavy atom. The molecule has 4 nitrogen and oxygen atoms in total. The lowest BCUT2D eigenvalue weighted by Crippen LogP contribution is -2.53. The van der Waals surface area contributed by atoms with Crippen LogP contribution in [0.4, 0.5) is 4.39 Å². The fourth-order valence-electron chi connectivity index (χ4n) is 6.11. The molecule has 1 fully saturated rings. The van der Waals surface area contributed by atoms with Gasteiger partial charge in [0.25, 0.3) is 0 Å². The van der Waals surface area contributed by atoms with Gasteiger partial charge in [0.15, 0.2) is 0 Å². The molecule has 0 saturated carbocycles. The molecular weight excluding hydrogens is 465 g/mol. The molecule has 1 atom stereocenters. The molecule has 0 aromatic heterocycles. The molecule has 3 rings (SSSR count). The van der Waals surface area contributed by atoms with Crippen LogP contribution in [0.3, 0.4) is 0 Å². The summed E-state index contributed by atoms with van der Waals surface area (Å²) < 4.78 is 25.9. The number of quaternary nitrogens is 1.